The second-order valence-electron chi connectivity index (χ2n) is 22.0. The lowest BCUT2D eigenvalue weighted by Crippen LogP contribution is -2.46. The maximum Gasteiger partial charge on any atom is 0.419 e. The van der Waals surface area contributed by atoms with Crippen molar-refractivity contribution < 1.29 is 48.0 Å². The van der Waals surface area contributed by atoms with E-state index in [2.05, 4.69) is 33.8 Å². The maximum atomic E-state index is 14.7. The van der Waals surface area contributed by atoms with E-state index in [0.717, 1.165) is 77.6 Å². The summed E-state index contributed by atoms with van der Waals surface area (Å²) >= 11 is 0. The molecule has 400 valence electrons. The molecule has 0 saturated heterocycles. The van der Waals surface area contributed by atoms with Crippen LogP contribution in [-0.2, 0) is 47.8 Å². The number of carboxylic acids is 1. The van der Waals surface area contributed by atoms with E-state index in [0.29, 0.717) is 29.6 Å². The van der Waals surface area contributed by atoms with Gasteiger partial charge in [0.25, 0.3) is 0 Å². The van der Waals surface area contributed by atoms with Gasteiger partial charge in [-0.1, -0.05) is 127 Å². The molecule has 6 aromatic carbocycles. The molecule has 4 N–H and O–H groups in total. The van der Waals surface area contributed by atoms with Gasteiger partial charge in [-0.15, -0.1) is 0 Å². The number of benzene rings is 6. The molecule has 2 aromatic heterocycles. The number of carboxylic acid groups (broad SMARTS) is 1. The average molecular weight is 1050 g/mol. The summed E-state index contributed by atoms with van der Waals surface area (Å²) in [7, 11) is 0. The number of nitrogens with one attached hydrogen (secondary N) is 3. The molecule has 78 heavy (non-hydrogen) atoms. The number of aliphatic carboxylic acids is 1. The Balaban J connectivity index is 0.837. The molecular formula is C64H64N4O10. The van der Waals surface area contributed by atoms with Gasteiger partial charge < -0.3 is 39.7 Å². The number of carbonyl (C=O) groups excluding carboxylic acids is 4. The minimum Gasteiger partial charge on any atom is -0.480 e. The molecule has 0 bridgehead atoms. The second kappa shape index (κ2) is 21.4. The van der Waals surface area contributed by atoms with E-state index < -0.39 is 53.5 Å². The van der Waals surface area contributed by atoms with E-state index in [9.17, 15) is 29.1 Å². The number of amides is 2. The molecule has 8 aromatic rings. The molecule has 14 heteroatoms. The highest BCUT2D eigenvalue weighted by atomic mass is 16.6. The lowest BCUT2D eigenvalue weighted by atomic mass is 9.94. The summed E-state index contributed by atoms with van der Waals surface area (Å²) < 4.78 is 25.4. The summed E-state index contributed by atoms with van der Waals surface area (Å²) in [6.07, 6.45) is -1.15. The largest absolute Gasteiger partial charge is 0.480 e. The van der Waals surface area contributed by atoms with Crippen LogP contribution in [0.3, 0.4) is 0 Å². The number of para-hydroxylation sites is 2. The van der Waals surface area contributed by atoms with Crippen LogP contribution >= 0.6 is 0 Å². The van der Waals surface area contributed by atoms with Crippen molar-refractivity contribution in [1.29, 1.82) is 0 Å². The minimum atomic E-state index is -1.21. The number of aromatic amines is 1. The molecule has 2 aliphatic rings. The number of ether oxygens (including phenoxy) is 4. The van der Waals surface area contributed by atoms with Gasteiger partial charge in [-0.25, -0.2) is 28.5 Å². The molecule has 0 spiro atoms. The number of H-pyrrole nitrogens is 1. The van der Waals surface area contributed by atoms with E-state index in [-0.39, 0.29) is 37.9 Å². The molecule has 0 radical (unpaired) electrons. The van der Waals surface area contributed by atoms with Crippen molar-refractivity contribution in [3.63, 3.8) is 0 Å². The zero-order valence-electron chi connectivity index (χ0n) is 44.9. The average Bonchev–Trinajstić information content (AvgIpc) is 4.29. The van der Waals surface area contributed by atoms with Gasteiger partial charge in [0.1, 0.15) is 36.5 Å². The van der Waals surface area contributed by atoms with E-state index in [1.165, 1.54) is 4.57 Å². The second-order valence-corrected chi connectivity index (χ2v) is 22.0. The Morgan fingerprint density at radius 2 is 1.12 bits per heavy atom. The topological polar surface area (TPSA) is 187 Å². The lowest BCUT2D eigenvalue weighted by molar-refractivity contribution is -0.159. The van der Waals surface area contributed by atoms with Crippen LogP contribution in [0.5, 0.6) is 0 Å². The summed E-state index contributed by atoms with van der Waals surface area (Å²) in [6, 6.07) is 42.8. The molecule has 0 fully saturated rings. The molecule has 14 nitrogen and oxygen atoms in total. The highest BCUT2D eigenvalue weighted by molar-refractivity contribution is 5.95. The minimum absolute atomic E-state index is 0.0110. The third kappa shape index (κ3) is 10.8. The molecule has 0 saturated carbocycles. The van der Waals surface area contributed by atoms with Crippen LogP contribution in [0.4, 0.5) is 14.4 Å². The highest BCUT2D eigenvalue weighted by Gasteiger charge is 2.36. The van der Waals surface area contributed by atoms with Crippen LogP contribution in [0.15, 0.2) is 140 Å². The van der Waals surface area contributed by atoms with Crippen molar-refractivity contribution >= 4 is 52.0 Å². The van der Waals surface area contributed by atoms with Crippen LogP contribution in [-0.4, -0.2) is 81.4 Å². The zero-order chi connectivity index (χ0) is 55.0. The Morgan fingerprint density at radius 1 is 0.603 bits per heavy atom. The number of aryl methyl sites for hydroxylation is 2. The first-order valence-corrected chi connectivity index (χ1v) is 26.4. The van der Waals surface area contributed by atoms with Gasteiger partial charge >= 0.3 is 30.2 Å². The van der Waals surface area contributed by atoms with Crippen molar-refractivity contribution in [2.45, 2.75) is 109 Å². The maximum absolute atomic E-state index is 14.7. The molecular weight excluding hydrogens is 985 g/mol. The molecule has 2 heterocycles. The number of hydrogen-bond donors (Lipinski definition) is 4. The number of nitrogens with zero attached hydrogens (tertiary/aromatic N) is 1. The summed E-state index contributed by atoms with van der Waals surface area (Å²) in [5.41, 5.74) is 11.8. The van der Waals surface area contributed by atoms with Crippen LogP contribution < -0.4 is 10.6 Å². The molecule has 1 unspecified atom stereocenters. The SMILES string of the molecule is Cc1[nH]c2ccccc2c1C[C@H](NC(=O)OCC1c2ccccc2-c2cc(CCC(C)(C)OC(=O)[C@H](Cc3c(C)n(C(=O)OC(C)(C)C)c4ccccc34)NC(=O)OCC3c4ccccc4-c4ccccc43)ccc21)C(=O)O. The smallest absolute Gasteiger partial charge is 0.419 e. The first-order chi connectivity index (χ1) is 37.3. The fraction of sp³-hybridized carbons (Fsp3) is 0.297. The van der Waals surface area contributed by atoms with Gasteiger partial charge in [0.05, 0.1) is 5.52 Å². The summed E-state index contributed by atoms with van der Waals surface area (Å²) in [5, 5.41) is 17.2. The van der Waals surface area contributed by atoms with Gasteiger partial charge in [0.2, 0.25) is 0 Å². The van der Waals surface area contributed by atoms with Crippen LogP contribution in [0, 0.1) is 13.8 Å². The number of aromatic nitrogens is 2. The van der Waals surface area contributed by atoms with Crippen molar-refractivity contribution in [2.75, 3.05) is 13.2 Å². The van der Waals surface area contributed by atoms with Crippen LogP contribution in [0.25, 0.3) is 44.1 Å². The van der Waals surface area contributed by atoms with Gasteiger partial charge in [-0.3, -0.25) is 0 Å². The van der Waals surface area contributed by atoms with E-state index in [1.807, 2.05) is 142 Å². The first-order valence-electron chi connectivity index (χ1n) is 26.4. The normalized spacial score (nSPS) is 14.4. The van der Waals surface area contributed by atoms with E-state index in [1.54, 1.807) is 27.7 Å². The number of alkyl carbamates (subject to hydrolysis) is 2. The Morgan fingerprint density at radius 3 is 1.72 bits per heavy atom. The molecule has 3 atom stereocenters. The molecule has 2 aliphatic carbocycles. The van der Waals surface area contributed by atoms with Crippen LogP contribution in [0.1, 0.15) is 103 Å². The van der Waals surface area contributed by atoms with E-state index in [4.69, 9.17) is 18.9 Å². The molecule has 10 rings (SSSR count). The standard InChI is InChI=1S/C64H64N4O10/c1-37-49(47-24-14-16-26-54(47)65-37)33-55(58(69)70)66-60(72)75-36-53-45-23-13-10-20-42(45)51-32-39(28-29-46(51)53)30-31-64(6,7)77-59(71)56(34-50-38(2)68(62(74)78-63(3,4)5)57-27-17-15-25-48(50)57)67-61(73)76-35-52-43-21-11-8-18-40(43)41-19-9-12-22-44(41)52/h8-29,32,52-53,55-56,65H,30-31,33-36H2,1-7H3,(H,66,72)(H,67,73)(H,69,70)/t53?,55-,56-/m0/s1. The number of esters is 1. The fourth-order valence-corrected chi connectivity index (χ4v) is 11.3. The van der Waals surface area contributed by atoms with Gasteiger partial charge in [-0.2, -0.15) is 0 Å². The van der Waals surface area contributed by atoms with Gasteiger partial charge in [0.15, 0.2) is 0 Å². The summed E-state index contributed by atoms with van der Waals surface area (Å²) in [4.78, 5) is 71.4. The fourth-order valence-electron chi connectivity index (χ4n) is 11.3. The van der Waals surface area contributed by atoms with Crippen molar-refractivity contribution in [3.8, 4) is 22.3 Å². The molecule has 2 amide bonds. The van der Waals surface area contributed by atoms with E-state index >= 15 is 0 Å². The number of hydrogen-bond acceptors (Lipinski definition) is 9. The first kappa shape index (κ1) is 52.8. The highest BCUT2D eigenvalue weighted by Crippen LogP contribution is 2.46. The molecule has 0 aliphatic heterocycles. The Labute approximate surface area is 453 Å². The van der Waals surface area contributed by atoms with Crippen LogP contribution in [0.2, 0.25) is 0 Å². The number of carbonyl (C=O) groups is 5. The summed E-state index contributed by atoms with van der Waals surface area (Å²) in [6.45, 7) is 12.8. The van der Waals surface area contributed by atoms with Gasteiger partial charge in [0, 0.05) is 52.4 Å². The van der Waals surface area contributed by atoms with Crippen molar-refractivity contribution in [2.24, 2.45) is 0 Å². The third-order valence-corrected chi connectivity index (χ3v) is 15.1. The Bertz CT molecular complexity index is 3590. The Kier molecular flexibility index (Phi) is 14.5. The number of rotatable bonds is 16. The summed E-state index contributed by atoms with van der Waals surface area (Å²) in [5.74, 6) is -2.33. The number of fused-ring (bicyclic) bond motifs is 8. The predicted molar refractivity (Wildman–Crippen MR) is 299 cm³/mol. The predicted octanol–water partition coefficient (Wildman–Crippen LogP) is 12.5. The van der Waals surface area contributed by atoms with Gasteiger partial charge in [-0.05, 0) is 135 Å². The monoisotopic (exact) mass is 1050 g/mol. The zero-order valence-corrected chi connectivity index (χ0v) is 44.9. The quantitative estimate of drug-likeness (QED) is 0.0536. The lowest BCUT2D eigenvalue weighted by Gasteiger charge is -2.28. The van der Waals surface area contributed by atoms with Crippen molar-refractivity contribution in [1.82, 2.24) is 20.2 Å². The van der Waals surface area contributed by atoms with Crippen molar-refractivity contribution in [3.05, 3.63) is 190 Å². The Hall–Kier alpha value is -8.65. The third-order valence-electron chi connectivity index (χ3n) is 15.1.